The van der Waals surface area contributed by atoms with Crippen LogP contribution in [-0.4, -0.2) is 93.5 Å². The van der Waals surface area contributed by atoms with E-state index >= 15 is 0 Å². The fraction of sp³-hybridized carbons (Fsp3) is 0.500. The first kappa shape index (κ1) is 33.2. The molecule has 0 amide bonds. The van der Waals surface area contributed by atoms with Crippen molar-refractivity contribution in [1.82, 2.24) is 0 Å². The number of nitrogens with zero attached hydrogens (tertiary/aromatic N) is 2. The molecule has 0 aliphatic rings. The highest BCUT2D eigenvalue weighted by molar-refractivity contribution is 5.63. The Kier molecular flexibility index (Phi) is 16.2. The number of hydrogen-bond acceptors (Lipinski definition) is 13. The van der Waals surface area contributed by atoms with E-state index in [9.17, 15) is 10.5 Å². The van der Waals surface area contributed by atoms with Gasteiger partial charge in [-0.2, -0.15) is 10.5 Å². The summed E-state index contributed by atoms with van der Waals surface area (Å²) in [4.78, 5) is 0. The average molecular weight is 575 g/mol. The molecule has 0 atom stereocenters. The smallest absolute Gasteiger partial charge is 0.163 e. The van der Waals surface area contributed by atoms with Crippen molar-refractivity contribution in [1.29, 1.82) is 10.5 Å². The minimum absolute atomic E-state index is 0.263. The van der Waals surface area contributed by atoms with Crippen LogP contribution < -0.4 is 30.4 Å². The molecule has 0 unspecified atom stereocenters. The predicted octanol–water partition coefficient (Wildman–Crippen LogP) is 2.15. The van der Waals surface area contributed by atoms with Gasteiger partial charge < -0.3 is 54.1 Å². The van der Waals surface area contributed by atoms with E-state index in [1.165, 1.54) is 0 Å². The molecule has 0 radical (unpaired) electrons. The Morgan fingerprint density at radius 2 is 0.780 bits per heavy atom. The van der Waals surface area contributed by atoms with Gasteiger partial charge in [-0.3, -0.25) is 0 Å². The van der Waals surface area contributed by atoms with Crippen molar-refractivity contribution in [3.05, 3.63) is 35.4 Å². The minimum atomic E-state index is 0.263. The zero-order chi connectivity index (χ0) is 29.7. The first-order valence-electron chi connectivity index (χ1n) is 12.9. The highest BCUT2D eigenvalue weighted by Gasteiger charge is 2.12. The zero-order valence-corrected chi connectivity index (χ0v) is 23.5. The Morgan fingerprint density at radius 3 is 1.10 bits per heavy atom. The van der Waals surface area contributed by atoms with Crippen molar-refractivity contribution in [2.45, 2.75) is 0 Å². The largest absolute Gasteiger partial charge is 0.487 e. The molecule has 13 heteroatoms. The van der Waals surface area contributed by atoms with Crippen LogP contribution in [0.2, 0.25) is 0 Å². The summed E-state index contributed by atoms with van der Waals surface area (Å²) in [5, 5.41) is 18.4. The van der Waals surface area contributed by atoms with E-state index in [0.717, 1.165) is 0 Å². The number of methoxy groups -OCH3 is 2. The quantitative estimate of drug-likeness (QED) is 0.154. The molecule has 13 nitrogen and oxygen atoms in total. The molecule has 0 saturated carbocycles. The summed E-state index contributed by atoms with van der Waals surface area (Å²) in [5.74, 6) is 1.68. The number of nitrogen functional groups attached to an aromatic ring is 2. The molecule has 0 aliphatic carbocycles. The lowest BCUT2D eigenvalue weighted by Crippen LogP contribution is -2.15. The van der Waals surface area contributed by atoms with Crippen molar-refractivity contribution >= 4 is 11.4 Å². The second-order valence-electron chi connectivity index (χ2n) is 8.21. The van der Waals surface area contributed by atoms with Crippen LogP contribution in [0.4, 0.5) is 11.4 Å². The number of nitriles is 2. The molecule has 0 fully saturated rings. The first-order chi connectivity index (χ1) is 20.0. The fourth-order valence-corrected chi connectivity index (χ4v) is 3.23. The van der Waals surface area contributed by atoms with E-state index in [-0.39, 0.29) is 13.2 Å². The van der Waals surface area contributed by atoms with E-state index in [1.54, 1.807) is 38.5 Å². The molecule has 0 aromatic heterocycles. The molecule has 224 valence electrons. The number of ether oxygens (including phenoxy) is 9. The summed E-state index contributed by atoms with van der Waals surface area (Å²) < 4.78 is 49.2. The summed E-state index contributed by atoms with van der Waals surface area (Å²) in [6.45, 7) is 4.13. The van der Waals surface area contributed by atoms with Crippen LogP contribution in [0.25, 0.3) is 0 Å². The third-order valence-electron chi connectivity index (χ3n) is 5.28. The minimum Gasteiger partial charge on any atom is -0.487 e. The zero-order valence-electron chi connectivity index (χ0n) is 23.5. The molecule has 0 heterocycles. The van der Waals surface area contributed by atoms with E-state index in [0.29, 0.717) is 112 Å². The topological polar surface area (TPSA) is 183 Å². The Bertz CT molecular complexity index is 1050. The summed E-state index contributed by atoms with van der Waals surface area (Å²) in [6, 6.07) is 10.3. The maximum absolute atomic E-state index is 9.18. The molecular weight excluding hydrogens is 536 g/mol. The standard InChI is InChI=1S/C28H38N4O9/c1-33-3-11-38-25-15-21(19-29)23(31)17-27(25)40-13-9-36-7-5-35-6-8-37-10-14-41-28-18-24(32)22(20-30)16-26(28)39-12-4-34-2/h15-18H,3-14,31-32H2,1-2H3. The Balaban J connectivity index is 1.57. The van der Waals surface area contributed by atoms with Crippen molar-refractivity contribution in [2.75, 3.05) is 105 Å². The third-order valence-corrected chi connectivity index (χ3v) is 5.28. The molecule has 41 heavy (non-hydrogen) atoms. The average Bonchev–Trinajstić information content (AvgIpc) is 2.97. The number of rotatable bonds is 22. The highest BCUT2D eigenvalue weighted by atomic mass is 16.6. The summed E-state index contributed by atoms with van der Waals surface area (Å²) in [6.07, 6.45) is 0. The van der Waals surface area contributed by atoms with Gasteiger partial charge in [0.25, 0.3) is 0 Å². The van der Waals surface area contributed by atoms with Crippen LogP contribution in [0.5, 0.6) is 23.0 Å². The van der Waals surface area contributed by atoms with Gasteiger partial charge in [-0.15, -0.1) is 0 Å². The first-order valence-corrected chi connectivity index (χ1v) is 12.9. The maximum Gasteiger partial charge on any atom is 0.163 e. The summed E-state index contributed by atoms with van der Waals surface area (Å²) >= 11 is 0. The molecule has 2 rings (SSSR count). The van der Waals surface area contributed by atoms with Crippen LogP contribution in [0.1, 0.15) is 11.1 Å². The SMILES string of the molecule is COCCOc1cc(C#N)c(N)cc1OCCOCCOCCOCCOc1cc(N)c(C#N)cc1OCCOC. The van der Waals surface area contributed by atoms with Gasteiger partial charge in [0.05, 0.1) is 75.4 Å². The van der Waals surface area contributed by atoms with Crippen LogP contribution in [-0.2, 0) is 23.7 Å². The Morgan fingerprint density at radius 1 is 0.488 bits per heavy atom. The second kappa shape index (κ2) is 20.0. The van der Waals surface area contributed by atoms with Crippen molar-refractivity contribution in [3.63, 3.8) is 0 Å². The lowest BCUT2D eigenvalue weighted by molar-refractivity contribution is 0.00470. The van der Waals surface area contributed by atoms with Crippen molar-refractivity contribution in [2.24, 2.45) is 0 Å². The molecule has 0 aliphatic heterocycles. The second-order valence-corrected chi connectivity index (χ2v) is 8.21. The van der Waals surface area contributed by atoms with E-state index in [4.69, 9.17) is 54.1 Å². The molecule has 2 aromatic carbocycles. The maximum atomic E-state index is 9.18. The predicted molar refractivity (Wildman–Crippen MR) is 149 cm³/mol. The number of anilines is 2. The molecule has 0 bridgehead atoms. The van der Waals surface area contributed by atoms with Gasteiger partial charge in [-0.05, 0) is 0 Å². The number of nitrogens with two attached hydrogens (primary N) is 2. The van der Waals surface area contributed by atoms with E-state index < -0.39 is 0 Å². The monoisotopic (exact) mass is 574 g/mol. The Hall–Kier alpha value is -3.98. The van der Waals surface area contributed by atoms with E-state index in [2.05, 4.69) is 0 Å². The lowest BCUT2D eigenvalue weighted by Gasteiger charge is -2.14. The van der Waals surface area contributed by atoms with Gasteiger partial charge in [0, 0.05) is 38.5 Å². The van der Waals surface area contributed by atoms with Crippen LogP contribution in [0.15, 0.2) is 24.3 Å². The van der Waals surface area contributed by atoms with Gasteiger partial charge in [-0.1, -0.05) is 0 Å². The summed E-state index contributed by atoms with van der Waals surface area (Å²) in [5.41, 5.74) is 13.0. The summed E-state index contributed by atoms with van der Waals surface area (Å²) in [7, 11) is 3.14. The normalized spacial score (nSPS) is 10.5. The van der Waals surface area contributed by atoms with Gasteiger partial charge in [-0.25, -0.2) is 0 Å². The van der Waals surface area contributed by atoms with Gasteiger partial charge >= 0.3 is 0 Å². The lowest BCUT2D eigenvalue weighted by atomic mass is 10.2. The third kappa shape index (κ3) is 12.4. The Labute approximate surface area is 240 Å². The highest BCUT2D eigenvalue weighted by Crippen LogP contribution is 2.33. The molecule has 0 spiro atoms. The molecule has 4 N–H and O–H groups in total. The molecule has 2 aromatic rings. The van der Waals surface area contributed by atoms with Crippen LogP contribution >= 0.6 is 0 Å². The van der Waals surface area contributed by atoms with Crippen molar-refractivity contribution in [3.8, 4) is 35.1 Å². The fourth-order valence-electron chi connectivity index (χ4n) is 3.23. The van der Waals surface area contributed by atoms with Crippen molar-refractivity contribution < 1.29 is 42.6 Å². The molecular formula is C28H38N4O9. The number of benzene rings is 2. The number of hydrogen-bond donors (Lipinski definition) is 2. The van der Waals surface area contributed by atoms with Gasteiger partial charge in [0.1, 0.15) is 38.6 Å². The van der Waals surface area contributed by atoms with Crippen LogP contribution in [0.3, 0.4) is 0 Å². The van der Waals surface area contributed by atoms with Crippen LogP contribution in [0, 0.1) is 22.7 Å². The van der Waals surface area contributed by atoms with E-state index in [1.807, 2.05) is 12.1 Å². The van der Waals surface area contributed by atoms with Gasteiger partial charge in [0.2, 0.25) is 0 Å². The van der Waals surface area contributed by atoms with Gasteiger partial charge in [0.15, 0.2) is 23.0 Å². The molecule has 0 saturated heterocycles.